The summed E-state index contributed by atoms with van der Waals surface area (Å²) in [6.07, 6.45) is -0.952. The Morgan fingerprint density at radius 2 is 1.83 bits per heavy atom. The van der Waals surface area contributed by atoms with Crippen molar-refractivity contribution in [2.75, 3.05) is 12.4 Å². The number of halogens is 3. The van der Waals surface area contributed by atoms with Gasteiger partial charge in [0, 0.05) is 5.56 Å². The van der Waals surface area contributed by atoms with Crippen LogP contribution in [0.25, 0.3) is 0 Å². The van der Waals surface area contributed by atoms with E-state index in [2.05, 4.69) is 10.6 Å². The lowest BCUT2D eigenvalue weighted by molar-refractivity contribution is 0.0941. The predicted molar refractivity (Wildman–Crippen MR) is 99.3 cm³/mol. The summed E-state index contributed by atoms with van der Waals surface area (Å²) in [5.41, 5.74) is 2.04. The fourth-order valence-corrected chi connectivity index (χ4v) is 2.45. The van der Waals surface area contributed by atoms with E-state index >= 15 is 0 Å². The van der Waals surface area contributed by atoms with Crippen LogP contribution in [0.15, 0.2) is 48.5 Å². The highest BCUT2D eigenvalue weighted by Gasteiger charge is 2.34. The molecule has 2 aromatic carbocycles. The molecule has 2 aromatic rings. The van der Waals surface area contributed by atoms with E-state index in [1.807, 2.05) is 25.1 Å². The van der Waals surface area contributed by atoms with Gasteiger partial charge in [-0.25, -0.2) is 0 Å². The van der Waals surface area contributed by atoms with Gasteiger partial charge in [0.1, 0.15) is 11.9 Å². The number of nitrogens with one attached hydrogen (secondary N) is 2. The number of alkyl halides is 3. The third kappa shape index (κ3) is 4.94. The zero-order valence-corrected chi connectivity index (χ0v) is 15.4. The zero-order chi connectivity index (χ0) is 17.7. The molecule has 0 heterocycles. The minimum atomic E-state index is -1.76. The van der Waals surface area contributed by atoms with E-state index in [9.17, 15) is 4.79 Å². The number of ether oxygens (including phenoxy) is 1. The number of benzene rings is 2. The number of carbonyl (C=O) groups excluding carboxylic acids is 1. The summed E-state index contributed by atoms with van der Waals surface area (Å²) in [6, 6.07) is 14.3. The largest absolute Gasteiger partial charge is 0.495 e. The number of carbonyl (C=O) groups is 1. The number of rotatable bonds is 5. The van der Waals surface area contributed by atoms with Crippen LogP contribution in [-0.2, 0) is 0 Å². The monoisotopic (exact) mass is 386 g/mol. The van der Waals surface area contributed by atoms with Crippen molar-refractivity contribution in [3.63, 3.8) is 0 Å². The highest BCUT2D eigenvalue weighted by atomic mass is 35.6. The highest BCUT2D eigenvalue weighted by Crippen LogP contribution is 2.33. The van der Waals surface area contributed by atoms with Crippen molar-refractivity contribution in [1.82, 2.24) is 5.32 Å². The number of para-hydroxylation sites is 2. The van der Waals surface area contributed by atoms with Gasteiger partial charge < -0.3 is 15.4 Å². The molecule has 1 atom stereocenters. The third-order valence-corrected chi connectivity index (χ3v) is 3.94. The van der Waals surface area contributed by atoms with Gasteiger partial charge in [-0.2, -0.15) is 0 Å². The van der Waals surface area contributed by atoms with Gasteiger partial charge in [-0.3, -0.25) is 4.79 Å². The molecule has 0 saturated heterocycles. The van der Waals surface area contributed by atoms with Crippen LogP contribution in [-0.4, -0.2) is 23.0 Å². The maximum absolute atomic E-state index is 12.4. The summed E-state index contributed by atoms with van der Waals surface area (Å²) in [4.78, 5) is 12.4. The molecule has 0 fully saturated rings. The summed E-state index contributed by atoms with van der Waals surface area (Å²) < 4.78 is 3.50. The van der Waals surface area contributed by atoms with E-state index in [0.29, 0.717) is 17.0 Å². The van der Waals surface area contributed by atoms with Crippen LogP contribution in [0.5, 0.6) is 5.75 Å². The number of aryl methyl sites for hydroxylation is 1. The van der Waals surface area contributed by atoms with Crippen LogP contribution < -0.4 is 15.4 Å². The molecule has 4 nitrogen and oxygen atoms in total. The molecule has 0 aromatic heterocycles. The normalized spacial score (nSPS) is 12.4. The second kappa shape index (κ2) is 7.97. The van der Waals surface area contributed by atoms with E-state index in [4.69, 9.17) is 39.5 Å². The highest BCUT2D eigenvalue weighted by molar-refractivity contribution is 6.68. The van der Waals surface area contributed by atoms with E-state index in [1.54, 1.807) is 30.3 Å². The van der Waals surface area contributed by atoms with Crippen LogP contribution in [0.4, 0.5) is 5.69 Å². The quantitative estimate of drug-likeness (QED) is 0.585. The van der Waals surface area contributed by atoms with E-state index in [-0.39, 0.29) is 5.91 Å². The van der Waals surface area contributed by atoms with Crippen molar-refractivity contribution in [3.05, 3.63) is 59.7 Å². The molecule has 0 aliphatic rings. The number of anilines is 1. The van der Waals surface area contributed by atoms with Crippen LogP contribution in [0.1, 0.15) is 15.9 Å². The van der Waals surface area contributed by atoms with E-state index in [0.717, 1.165) is 5.56 Å². The molecule has 2 rings (SSSR count). The first-order chi connectivity index (χ1) is 11.3. The molecule has 7 heteroatoms. The Labute approximate surface area is 156 Å². The maximum Gasteiger partial charge on any atom is 0.252 e. The number of methoxy groups -OCH3 is 1. The van der Waals surface area contributed by atoms with Crippen LogP contribution in [0.2, 0.25) is 0 Å². The lowest BCUT2D eigenvalue weighted by Gasteiger charge is -2.28. The number of amides is 1. The van der Waals surface area contributed by atoms with Gasteiger partial charge in [0.25, 0.3) is 5.91 Å². The van der Waals surface area contributed by atoms with Crippen molar-refractivity contribution in [2.24, 2.45) is 0 Å². The number of hydrogen-bond acceptors (Lipinski definition) is 3. The van der Waals surface area contributed by atoms with Gasteiger partial charge in [0.15, 0.2) is 0 Å². The predicted octanol–water partition coefficient (Wildman–Crippen LogP) is 4.54. The average Bonchev–Trinajstić information content (AvgIpc) is 2.53. The Kier molecular flexibility index (Phi) is 6.21. The minimum Gasteiger partial charge on any atom is -0.495 e. The first kappa shape index (κ1) is 18.7. The van der Waals surface area contributed by atoms with Gasteiger partial charge in [-0.05, 0) is 31.2 Å². The Hall–Kier alpha value is -1.62. The molecule has 0 aliphatic heterocycles. The number of hydrogen-bond donors (Lipinski definition) is 2. The summed E-state index contributed by atoms with van der Waals surface area (Å²) >= 11 is 18.1. The fourth-order valence-electron chi connectivity index (χ4n) is 2.12. The third-order valence-electron chi connectivity index (χ3n) is 3.29. The average molecular weight is 388 g/mol. The topological polar surface area (TPSA) is 50.4 Å². The van der Waals surface area contributed by atoms with Crippen molar-refractivity contribution in [2.45, 2.75) is 16.9 Å². The SMILES string of the molecule is COc1ccccc1N[C@H](NC(=O)c1cccc(C)c1)C(Cl)(Cl)Cl. The summed E-state index contributed by atoms with van der Waals surface area (Å²) in [6.45, 7) is 1.90. The first-order valence-corrected chi connectivity index (χ1v) is 8.28. The Morgan fingerprint density at radius 1 is 1.12 bits per heavy atom. The lowest BCUT2D eigenvalue weighted by Crippen LogP contribution is -2.49. The first-order valence-electron chi connectivity index (χ1n) is 7.15. The molecule has 0 unspecified atom stereocenters. The smallest absolute Gasteiger partial charge is 0.252 e. The molecule has 0 saturated carbocycles. The maximum atomic E-state index is 12.4. The lowest BCUT2D eigenvalue weighted by atomic mass is 10.1. The molecule has 0 spiro atoms. The molecule has 0 bridgehead atoms. The van der Waals surface area contributed by atoms with Gasteiger partial charge >= 0.3 is 0 Å². The van der Waals surface area contributed by atoms with E-state index in [1.165, 1.54) is 7.11 Å². The van der Waals surface area contributed by atoms with E-state index < -0.39 is 9.96 Å². The second-order valence-corrected chi connectivity index (χ2v) is 7.53. The summed E-state index contributed by atoms with van der Waals surface area (Å²) in [7, 11) is 1.54. The van der Waals surface area contributed by atoms with Crippen molar-refractivity contribution in [3.8, 4) is 5.75 Å². The summed E-state index contributed by atoms with van der Waals surface area (Å²) in [5, 5.41) is 5.70. The second-order valence-electron chi connectivity index (χ2n) is 5.16. The molecular formula is C17H17Cl3N2O2. The Morgan fingerprint density at radius 3 is 2.46 bits per heavy atom. The van der Waals surface area contributed by atoms with Crippen LogP contribution in [0.3, 0.4) is 0 Å². The molecule has 0 aliphatic carbocycles. The van der Waals surface area contributed by atoms with Gasteiger partial charge in [0.2, 0.25) is 3.79 Å². The van der Waals surface area contributed by atoms with Gasteiger partial charge in [-0.1, -0.05) is 64.6 Å². The molecule has 24 heavy (non-hydrogen) atoms. The standard InChI is InChI=1S/C17H17Cl3N2O2/c1-11-6-5-7-12(10-11)15(23)22-16(17(18,19)20)21-13-8-3-4-9-14(13)24-2/h3-10,16,21H,1-2H3,(H,22,23)/t16-/m1/s1. The van der Waals surface area contributed by atoms with Crippen molar-refractivity contribution in [1.29, 1.82) is 0 Å². The molecular weight excluding hydrogens is 371 g/mol. The van der Waals surface area contributed by atoms with Gasteiger partial charge in [-0.15, -0.1) is 0 Å². The van der Waals surface area contributed by atoms with Crippen molar-refractivity contribution >= 4 is 46.4 Å². The molecule has 1 amide bonds. The van der Waals surface area contributed by atoms with Gasteiger partial charge in [0.05, 0.1) is 12.8 Å². The molecule has 0 radical (unpaired) electrons. The zero-order valence-electron chi connectivity index (χ0n) is 13.1. The molecule has 2 N–H and O–H groups in total. The Bertz CT molecular complexity index is 717. The van der Waals surface area contributed by atoms with Crippen LogP contribution >= 0.6 is 34.8 Å². The van der Waals surface area contributed by atoms with Crippen molar-refractivity contribution < 1.29 is 9.53 Å². The Balaban J connectivity index is 2.22. The fraction of sp³-hybridized carbons (Fsp3) is 0.235. The minimum absolute atomic E-state index is 0.350. The molecule has 128 valence electrons. The summed E-state index contributed by atoms with van der Waals surface area (Å²) in [5.74, 6) is 0.221. The van der Waals surface area contributed by atoms with Crippen LogP contribution in [0, 0.1) is 6.92 Å².